The largest absolute Gasteiger partial charge is 0.519 e. The van der Waals surface area contributed by atoms with E-state index < -0.39 is 6.16 Å². The first-order valence-corrected chi connectivity index (χ1v) is 9.09. The van der Waals surface area contributed by atoms with Crippen molar-refractivity contribution in [1.29, 1.82) is 0 Å². The molecule has 6 nitrogen and oxygen atoms in total. The van der Waals surface area contributed by atoms with Gasteiger partial charge in [0.1, 0.15) is 11.5 Å². The summed E-state index contributed by atoms with van der Waals surface area (Å²) in [5.41, 5.74) is 1.99. The molecule has 0 unspecified atom stereocenters. The Balaban J connectivity index is 1.56. The summed E-state index contributed by atoms with van der Waals surface area (Å²) in [6.45, 7) is 5.17. The van der Waals surface area contributed by atoms with Crippen LogP contribution in [0.4, 0.5) is 10.5 Å². The number of amides is 1. The highest BCUT2D eigenvalue weighted by molar-refractivity contribution is 6.09. The number of carbonyl (C=O) groups excluding carboxylic acids is 3. The van der Waals surface area contributed by atoms with Gasteiger partial charge in [-0.15, -0.1) is 0 Å². The van der Waals surface area contributed by atoms with E-state index in [9.17, 15) is 14.4 Å². The highest BCUT2D eigenvalue weighted by atomic mass is 16.7. The van der Waals surface area contributed by atoms with Gasteiger partial charge in [-0.05, 0) is 55.5 Å². The van der Waals surface area contributed by atoms with Crippen LogP contribution in [0.3, 0.4) is 0 Å². The third kappa shape index (κ3) is 5.42. The number of hydrogen-bond acceptors (Lipinski definition) is 5. The molecule has 0 saturated heterocycles. The van der Waals surface area contributed by atoms with E-state index >= 15 is 0 Å². The molecule has 0 saturated carbocycles. The van der Waals surface area contributed by atoms with Crippen LogP contribution in [-0.2, 0) is 4.79 Å². The lowest BCUT2D eigenvalue weighted by atomic mass is 10.0. The number of carbonyl (C=O) groups is 3. The standard InChI is InChI=1S/C24H19NO5/c1-16(2)23(27)25-19-10-14-21(15-11-19)30-24(28)29-20-12-8-18(9-13-20)22(26)17-6-4-3-5-7-17/h3-15H,1H2,2H3,(H,25,27). The van der Waals surface area contributed by atoms with Crippen molar-refractivity contribution in [2.24, 2.45) is 0 Å². The minimum absolute atomic E-state index is 0.122. The molecule has 0 atom stereocenters. The molecule has 0 bridgehead atoms. The fourth-order valence-electron chi connectivity index (χ4n) is 2.49. The molecule has 0 aliphatic carbocycles. The average Bonchev–Trinajstić information content (AvgIpc) is 2.75. The summed E-state index contributed by atoms with van der Waals surface area (Å²) in [5.74, 6) is 0.0833. The lowest BCUT2D eigenvalue weighted by Crippen LogP contribution is -2.14. The van der Waals surface area contributed by atoms with Gasteiger partial charge in [0.05, 0.1) is 0 Å². The van der Waals surface area contributed by atoms with Crippen molar-refractivity contribution in [3.8, 4) is 11.5 Å². The molecule has 0 aliphatic heterocycles. The predicted octanol–water partition coefficient (Wildman–Crippen LogP) is 5.01. The lowest BCUT2D eigenvalue weighted by molar-refractivity contribution is -0.112. The summed E-state index contributed by atoms with van der Waals surface area (Å²) in [7, 11) is 0. The van der Waals surface area contributed by atoms with Crippen LogP contribution in [0.15, 0.2) is 91.0 Å². The summed E-state index contributed by atoms with van der Waals surface area (Å²) in [6, 6.07) is 21.3. The molecule has 150 valence electrons. The number of hydrogen-bond donors (Lipinski definition) is 1. The van der Waals surface area contributed by atoms with Gasteiger partial charge in [-0.25, -0.2) is 4.79 Å². The molecule has 3 aromatic carbocycles. The molecule has 0 fully saturated rings. The van der Waals surface area contributed by atoms with Crippen molar-refractivity contribution in [2.75, 3.05) is 5.32 Å². The number of nitrogens with one attached hydrogen (secondary N) is 1. The maximum Gasteiger partial charge on any atom is 0.519 e. The van der Waals surface area contributed by atoms with E-state index in [1.165, 1.54) is 24.3 Å². The molecule has 1 N–H and O–H groups in total. The molecule has 0 heterocycles. The number of benzene rings is 3. The molecular weight excluding hydrogens is 382 g/mol. The van der Waals surface area contributed by atoms with Crippen molar-refractivity contribution in [3.63, 3.8) is 0 Å². The molecule has 0 radical (unpaired) electrons. The van der Waals surface area contributed by atoms with Crippen LogP contribution in [-0.4, -0.2) is 17.8 Å². The molecule has 1 amide bonds. The summed E-state index contributed by atoms with van der Waals surface area (Å²) >= 11 is 0. The minimum atomic E-state index is -0.921. The molecule has 0 aromatic heterocycles. The Morgan fingerprint density at radius 2 is 1.23 bits per heavy atom. The maximum absolute atomic E-state index is 12.4. The number of ketones is 1. The second-order valence-electron chi connectivity index (χ2n) is 6.43. The number of ether oxygens (including phenoxy) is 2. The number of anilines is 1. The van der Waals surface area contributed by atoms with Gasteiger partial charge in [0.25, 0.3) is 5.91 Å². The van der Waals surface area contributed by atoms with Crippen LogP contribution < -0.4 is 14.8 Å². The Kier molecular flexibility index (Phi) is 6.39. The Hall–Kier alpha value is -4.19. The highest BCUT2D eigenvalue weighted by Gasteiger charge is 2.11. The quantitative estimate of drug-likeness (QED) is 0.272. The van der Waals surface area contributed by atoms with Crippen molar-refractivity contribution in [2.45, 2.75) is 6.92 Å². The molecule has 6 heteroatoms. The average molecular weight is 401 g/mol. The van der Waals surface area contributed by atoms with E-state index in [4.69, 9.17) is 9.47 Å². The third-order valence-corrected chi connectivity index (χ3v) is 4.05. The normalized spacial score (nSPS) is 10.0. The van der Waals surface area contributed by atoms with E-state index in [0.717, 1.165) is 0 Å². The van der Waals surface area contributed by atoms with Crippen molar-refractivity contribution in [1.82, 2.24) is 0 Å². The molecule has 3 aromatic rings. The Morgan fingerprint density at radius 1 is 0.733 bits per heavy atom. The molecule has 30 heavy (non-hydrogen) atoms. The van der Waals surface area contributed by atoms with Gasteiger partial charge in [-0.3, -0.25) is 9.59 Å². The Morgan fingerprint density at radius 3 is 1.77 bits per heavy atom. The molecular formula is C24H19NO5. The van der Waals surface area contributed by atoms with Gasteiger partial charge >= 0.3 is 6.16 Å². The van der Waals surface area contributed by atoms with Crippen LogP contribution in [0.1, 0.15) is 22.8 Å². The number of rotatable bonds is 6. The van der Waals surface area contributed by atoms with Gasteiger partial charge in [0.15, 0.2) is 5.78 Å². The van der Waals surface area contributed by atoms with Crippen LogP contribution >= 0.6 is 0 Å². The monoisotopic (exact) mass is 401 g/mol. The van der Waals surface area contributed by atoms with E-state index in [-0.39, 0.29) is 23.2 Å². The lowest BCUT2D eigenvalue weighted by Gasteiger charge is -2.08. The zero-order valence-corrected chi connectivity index (χ0v) is 16.3. The van der Waals surface area contributed by atoms with Crippen LogP contribution in [0.2, 0.25) is 0 Å². The predicted molar refractivity (Wildman–Crippen MR) is 113 cm³/mol. The van der Waals surface area contributed by atoms with Gasteiger partial charge in [0, 0.05) is 22.4 Å². The molecule has 0 spiro atoms. The fourth-order valence-corrected chi connectivity index (χ4v) is 2.49. The van der Waals surface area contributed by atoms with Crippen LogP contribution in [0, 0.1) is 0 Å². The Labute approximate surface area is 173 Å². The first-order chi connectivity index (χ1) is 14.4. The summed E-state index contributed by atoms with van der Waals surface area (Å²) in [6.07, 6.45) is -0.921. The topological polar surface area (TPSA) is 81.7 Å². The van der Waals surface area contributed by atoms with E-state index in [1.54, 1.807) is 55.5 Å². The van der Waals surface area contributed by atoms with Crippen molar-refractivity contribution in [3.05, 3.63) is 102 Å². The van der Waals surface area contributed by atoms with Crippen molar-refractivity contribution < 1.29 is 23.9 Å². The summed E-state index contributed by atoms with van der Waals surface area (Å²) < 4.78 is 10.2. The second kappa shape index (κ2) is 9.34. The highest BCUT2D eigenvalue weighted by Crippen LogP contribution is 2.19. The fraction of sp³-hybridized carbons (Fsp3) is 0.0417. The first kappa shape index (κ1) is 20.5. The van der Waals surface area contributed by atoms with Crippen LogP contribution in [0.5, 0.6) is 11.5 Å². The van der Waals surface area contributed by atoms with Gasteiger partial charge in [-0.1, -0.05) is 36.9 Å². The smallest absolute Gasteiger partial charge is 0.395 e. The van der Waals surface area contributed by atoms with E-state index in [2.05, 4.69) is 11.9 Å². The van der Waals surface area contributed by atoms with Crippen LogP contribution in [0.25, 0.3) is 0 Å². The molecule has 3 rings (SSSR count). The summed E-state index contributed by atoms with van der Waals surface area (Å²) in [5, 5.41) is 2.65. The SMILES string of the molecule is C=C(C)C(=O)Nc1ccc(OC(=O)Oc2ccc(C(=O)c3ccccc3)cc2)cc1. The minimum Gasteiger partial charge on any atom is -0.395 e. The van der Waals surface area contributed by atoms with Crippen molar-refractivity contribution >= 4 is 23.5 Å². The van der Waals surface area contributed by atoms with Gasteiger partial charge < -0.3 is 14.8 Å². The van der Waals surface area contributed by atoms with Gasteiger partial charge in [-0.2, -0.15) is 0 Å². The van der Waals surface area contributed by atoms with E-state index in [1.807, 2.05) is 6.07 Å². The third-order valence-electron chi connectivity index (χ3n) is 4.05. The maximum atomic E-state index is 12.4. The van der Waals surface area contributed by atoms with E-state index in [0.29, 0.717) is 22.4 Å². The summed E-state index contributed by atoms with van der Waals surface area (Å²) in [4.78, 5) is 36.0. The Bertz CT molecular complexity index is 1070. The second-order valence-corrected chi connectivity index (χ2v) is 6.43. The zero-order chi connectivity index (χ0) is 21.5. The molecule has 0 aliphatic rings. The zero-order valence-electron chi connectivity index (χ0n) is 16.3. The van der Waals surface area contributed by atoms with Gasteiger partial charge in [0.2, 0.25) is 0 Å². The first-order valence-electron chi connectivity index (χ1n) is 9.09.